The molecule has 0 bridgehead atoms. The van der Waals surface area contributed by atoms with Gasteiger partial charge in [0.05, 0.1) is 17.4 Å². The van der Waals surface area contributed by atoms with Crippen LogP contribution in [0.25, 0.3) is 0 Å². The van der Waals surface area contributed by atoms with E-state index in [4.69, 9.17) is 5.26 Å². The summed E-state index contributed by atoms with van der Waals surface area (Å²) in [5, 5.41) is 12.4. The van der Waals surface area contributed by atoms with Crippen molar-refractivity contribution >= 4 is 10.0 Å². The lowest BCUT2D eigenvalue weighted by molar-refractivity contribution is 0.574. The summed E-state index contributed by atoms with van der Waals surface area (Å²) in [6.07, 6.45) is 0. The average Bonchev–Trinajstić information content (AvgIpc) is 2.60. The minimum Gasteiger partial charge on any atom is -0.306 e. The van der Waals surface area contributed by atoms with Gasteiger partial charge in [0.1, 0.15) is 0 Å². The first-order chi connectivity index (χ1) is 11.4. The summed E-state index contributed by atoms with van der Waals surface area (Å²) in [4.78, 5) is 0. The van der Waals surface area contributed by atoms with Gasteiger partial charge in [-0.2, -0.15) is 5.26 Å². The third kappa shape index (κ3) is 5.17. The SMILES string of the molecule is CNS(=O)(=O)Cc1ccc(CN[C@@H](C)c2cccc(C#N)c2)cc1. The summed E-state index contributed by atoms with van der Waals surface area (Å²) in [6, 6.07) is 17.3. The maximum Gasteiger partial charge on any atom is 0.215 e. The molecule has 0 aromatic heterocycles. The molecule has 0 radical (unpaired) electrons. The van der Waals surface area contributed by atoms with Crippen LogP contribution in [0.1, 0.15) is 35.2 Å². The molecular weight excluding hydrogens is 322 g/mol. The number of nitriles is 1. The summed E-state index contributed by atoms with van der Waals surface area (Å²) < 4.78 is 25.4. The Hall–Kier alpha value is -2.20. The molecule has 0 saturated carbocycles. The van der Waals surface area contributed by atoms with Gasteiger partial charge in [-0.3, -0.25) is 0 Å². The maximum atomic E-state index is 11.5. The molecule has 0 spiro atoms. The van der Waals surface area contributed by atoms with Crippen LogP contribution in [0.2, 0.25) is 0 Å². The Kier molecular flexibility index (Phi) is 6.10. The van der Waals surface area contributed by atoms with Crippen molar-refractivity contribution in [2.75, 3.05) is 7.05 Å². The molecule has 24 heavy (non-hydrogen) atoms. The lowest BCUT2D eigenvalue weighted by Crippen LogP contribution is -2.20. The summed E-state index contributed by atoms with van der Waals surface area (Å²) in [5.41, 5.74) is 3.54. The molecule has 2 aromatic rings. The molecule has 0 fully saturated rings. The number of sulfonamides is 1. The van der Waals surface area contributed by atoms with E-state index in [2.05, 4.69) is 16.1 Å². The van der Waals surface area contributed by atoms with Gasteiger partial charge in [-0.1, -0.05) is 36.4 Å². The molecule has 6 heteroatoms. The normalized spacial score (nSPS) is 12.5. The lowest BCUT2D eigenvalue weighted by atomic mass is 10.1. The third-order valence-corrected chi connectivity index (χ3v) is 5.15. The Labute approximate surface area is 143 Å². The van der Waals surface area contributed by atoms with Gasteiger partial charge < -0.3 is 5.32 Å². The molecule has 2 rings (SSSR count). The standard InChI is InChI=1S/C18H21N3O2S/c1-14(18-5-3-4-17(10-18)11-19)21-12-15-6-8-16(9-7-15)13-24(22,23)20-2/h3-10,14,20-21H,12-13H2,1-2H3/t14-/m0/s1. The fourth-order valence-corrected chi connectivity index (χ4v) is 3.09. The highest BCUT2D eigenvalue weighted by atomic mass is 32.2. The molecule has 2 aromatic carbocycles. The molecule has 2 N–H and O–H groups in total. The molecule has 0 aliphatic heterocycles. The first-order valence-corrected chi connectivity index (χ1v) is 9.31. The van der Waals surface area contributed by atoms with Crippen LogP contribution in [0, 0.1) is 11.3 Å². The highest BCUT2D eigenvalue weighted by Crippen LogP contribution is 2.15. The van der Waals surface area contributed by atoms with E-state index in [1.807, 2.05) is 49.4 Å². The van der Waals surface area contributed by atoms with Crippen LogP contribution in [0.5, 0.6) is 0 Å². The Morgan fingerprint density at radius 3 is 2.42 bits per heavy atom. The molecule has 1 atom stereocenters. The topological polar surface area (TPSA) is 82.0 Å². The van der Waals surface area contributed by atoms with Crippen LogP contribution in [0.15, 0.2) is 48.5 Å². The zero-order chi connectivity index (χ0) is 17.6. The second-order valence-electron chi connectivity index (χ2n) is 5.62. The molecule has 0 amide bonds. The predicted molar refractivity (Wildman–Crippen MR) is 94.5 cm³/mol. The molecular formula is C18H21N3O2S. The molecule has 0 aliphatic rings. The first kappa shape index (κ1) is 18.1. The van der Waals surface area contributed by atoms with Crippen molar-refractivity contribution in [1.82, 2.24) is 10.0 Å². The first-order valence-electron chi connectivity index (χ1n) is 7.66. The zero-order valence-corrected chi connectivity index (χ0v) is 14.6. The number of hydrogen-bond acceptors (Lipinski definition) is 4. The van der Waals surface area contributed by atoms with Gasteiger partial charge in [0, 0.05) is 12.6 Å². The Balaban J connectivity index is 1.95. The molecule has 0 unspecified atom stereocenters. The number of rotatable bonds is 7. The van der Waals surface area contributed by atoms with Crippen LogP contribution in [-0.2, 0) is 22.3 Å². The highest BCUT2D eigenvalue weighted by molar-refractivity contribution is 7.88. The van der Waals surface area contributed by atoms with E-state index in [0.717, 1.165) is 16.7 Å². The number of nitrogens with one attached hydrogen (secondary N) is 2. The van der Waals surface area contributed by atoms with Gasteiger partial charge in [0.25, 0.3) is 0 Å². The molecule has 0 aliphatic carbocycles. The van der Waals surface area contributed by atoms with Crippen LogP contribution >= 0.6 is 0 Å². The fraction of sp³-hybridized carbons (Fsp3) is 0.278. The van der Waals surface area contributed by atoms with Crippen LogP contribution in [0.4, 0.5) is 0 Å². The van der Waals surface area contributed by atoms with Crippen molar-refractivity contribution in [2.24, 2.45) is 0 Å². The van der Waals surface area contributed by atoms with Gasteiger partial charge in [0.15, 0.2) is 0 Å². The van der Waals surface area contributed by atoms with Gasteiger partial charge >= 0.3 is 0 Å². The van der Waals surface area contributed by atoms with E-state index in [9.17, 15) is 8.42 Å². The fourth-order valence-electron chi connectivity index (χ4n) is 2.31. The molecule has 0 heterocycles. The largest absolute Gasteiger partial charge is 0.306 e. The van der Waals surface area contributed by atoms with Crippen LogP contribution < -0.4 is 10.0 Å². The lowest BCUT2D eigenvalue weighted by Gasteiger charge is -2.15. The van der Waals surface area contributed by atoms with Crippen molar-refractivity contribution in [3.63, 3.8) is 0 Å². The van der Waals surface area contributed by atoms with Gasteiger partial charge in [-0.25, -0.2) is 13.1 Å². The smallest absolute Gasteiger partial charge is 0.215 e. The van der Waals surface area contributed by atoms with E-state index in [-0.39, 0.29) is 11.8 Å². The zero-order valence-electron chi connectivity index (χ0n) is 13.8. The van der Waals surface area contributed by atoms with Crippen molar-refractivity contribution in [3.05, 3.63) is 70.8 Å². The predicted octanol–water partition coefficient (Wildman–Crippen LogP) is 2.46. The number of benzene rings is 2. The second kappa shape index (κ2) is 8.06. The molecule has 126 valence electrons. The third-order valence-electron chi connectivity index (χ3n) is 3.82. The molecule has 5 nitrogen and oxygen atoms in total. The van der Waals surface area contributed by atoms with Crippen molar-refractivity contribution in [3.8, 4) is 6.07 Å². The molecule has 0 saturated heterocycles. The van der Waals surface area contributed by atoms with Gasteiger partial charge in [-0.15, -0.1) is 0 Å². The average molecular weight is 343 g/mol. The number of hydrogen-bond donors (Lipinski definition) is 2. The maximum absolute atomic E-state index is 11.5. The van der Waals surface area contributed by atoms with Crippen molar-refractivity contribution in [1.29, 1.82) is 5.26 Å². The van der Waals surface area contributed by atoms with Crippen molar-refractivity contribution < 1.29 is 8.42 Å². The van der Waals surface area contributed by atoms with E-state index < -0.39 is 10.0 Å². The monoisotopic (exact) mass is 343 g/mol. The highest BCUT2D eigenvalue weighted by Gasteiger charge is 2.09. The summed E-state index contributed by atoms with van der Waals surface area (Å²) in [7, 11) is -1.83. The van der Waals surface area contributed by atoms with Crippen LogP contribution in [0.3, 0.4) is 0 Å². The number of nitrogens with zero attached hydrogens (tertiary/aromatic N) is 1. The Morgan fingerprint density at radius 1 is 1.12 bits per heavy atom. The minimum absolute atomic E-state index is 0.0193. The van der Waals surface area contributed by atoms with E-state index >= 15 is 0 Å². The Morgan fingerprint density at radius 2 is 1.79 bits per heavy atom. The Bertz CT molecular complexity index is 824. The van der Waals surface area contributed by atoms with Crippen LogP contribution in [-0.4, -0.2) is 15.5 Å². The van der Waals surface area contributed by atoms with Crippen molar-refractivity contribution in [2.45, 2.75) is 25.3 Å². The summed E-state index contributed by atoms with van der Waals surface area (Å²) in [5.74, 6) is -0.0193. The van der Waals surface area contributed by atoms with E-state index in [1.165, 1.54) is 7.05 Å². The summed E-state index contributed by atoms with van der Waals surface area (Å²) >= 11 is 0. The minimum atomic E-state index is -3.25. The second-order valence-corrected chi connectivity index (χ2v) is 7.55. The summed E-state index contributed by atoms with van der Waals surface area (Å²) in [6.45, 7) is 2.71. The van der Waals surface area contributed by atoms with Gasteiger partial charge in [0.2, 0.25) is 10.0 Å². The van der Waals surface area contributed by atoms with E-state index in [0.29, 0.717) is 12.1 Å². The van der Waals surface area contributed by atoms with Gasteiger partial charge in [-0.05, 0) is 42.8 Å². The quantitative estimate of drug-likeness (QED) is 0.809. The van der Waals surface area contributed by atoms with E-state index in [1.54, 1.807) is 6.07 Å².